The Kier molecular flexibility index (Phi) is 3.35. The Morgan fingerprint density at radius 3 is 2.54 bits per heavy atom. The first-order valence-electron chi connectivity index (χ1n) is 4.09. The number of H-pyrrole nitrogens is 1. The Morgan fingerprint density at radius 1 is 1.54 bits per heavy atom. The van der Waals surface area contributed by atoms with E-state index in [1.807, 2.05) is 13.8 Å². The number of rotatable bonds is 2. The number of hydrogen-bond acceptors (Lipinski definition) is 2. The Hall–Kier alpha value is -0.520. The van der Waals surface area contributed by atoms with E-state index in [1.54, 1.807) is 6.92 Å². The van der Waals surface area contributed by atoms with Crippen LogP contribution in [0.3, 0.4) is 0 Å². The lowest BCUT2D eigenvalue weighted by molar-refractivity contribution is 0.0525. The fourth-order valence-electron chi connectivity index (χ4n) is 1.22. The average molecular weight is 293 g/mol. The molecule has 0 saturated carbocycles. The van der Waals surface area contributed by atoms with Gasteiger partial charge >= 0.3 is 5.97 Å². The highest BCUT2D eigenvalue weighted by molar-refractivity contribution is 14.1. The van der Waals surface area contributed by atoms with Crippen molar-refractivity contribution in [1.29, 1.82) is 0 Å². The summed E-state index contributed by atoms with van der Waals surface area (Å²) >= 11 is 2.17. The number of nitrogens with one attached hydrogen (secondary N) is 1. The highest BCUT2D eigenvalue weighted by Gasteiger charge is 2.17. The molecule has 0 aliphatic heterocycles. The summed E-state index contributed by atoms with van der Waals surface area (Å²) in [6.07, 6.45) is 0. The topological polar surface area (TPSA) is 42.1 Å². The van der Waals surface area contributed by atoms with Gasteiger partial charge < -0.3 is 9.72 Å². The lowest BCUT2D eigenvalue weighted by Gasteiger charge is -2.01. The fourth-order valence-corrected chi connectivity index (χ4v) is 1.90. The number of ether oxygens (including phenoxy) is 1. The van der Waals surface area contributed by atoms with Crippen LogP contribution in [0.2, 0.25) is 0 Å². The molecule has 3 nitrogen and oxygen atoms in total. The van der Waals surface area contributed by atoms with Crippen molar-refractivity contribution >= 4 is 28.6 Å². The number of aromatic amines is 1. The molecule has 0 bridgehead atoms. The Morgan fingerprint density at radius 2 is 2.15 bits per heavy atom. The lowest BCUT2D eigenvalue weighted by Crippen LogP contribution is -2.06. The van der Waals surface area contributed by atoms with E-state index < -0.39 is 0 Å². The van der Waals surface area contributed by atoms with E-state index in [0.717, 1.165) is 15.0 Å². The number of carbonyl (C=O) groups is 1. The van der Waals surface area contributed by atoms with Gasteiger partial charge in [0.05, 0.1) is 15.9 Å². The van der Waals surface area contributed by atoms with Crippen molar-refractivity contribution in [2.24, 2.45) is 0 Å². The van der Waals surface area contributed by atoms with Gasteiger partial charge in [-0.1, -0.05) is 0 Å². The highest BCUT2D eigenvalue weighted by atomic mass is 127. The van der Waals surface area contributed by atoms with Gasteiger partial charge in [0, 0.05) is 5.69 Å². The largest absolute Gasteiger partial charge is 0.462 e. The molecule has 1 aromatic heterocycles. The van der Waals surface area contributed by atoms with E-state index in [-0.39, 0.29) is 5.97 Å². The summed E-state index contributed by atoms with van der Waals surface area (Å²) in [7, 11) is 0. The minimum absolute atomic E-state index is 0.239. The van der Waals surface area contributed by atoms with Crippen LogP contribution in [0, 0.1) is 17.5 Å². The minimum atomic E-state index is -0.239. The minimum Gasteiger partial charge on any atom is -0.462 e. The maximum Gasteiger partial charge on any atom is 0.340 e. The molecule has 1 N–H and O–H groups in total. The van der Waals surface area contributed by atoms with Crippen LogP contribution >= 0.6 is 22.6 Å². The summed E-state index contributed by atoms with van der Waals surface area (Å²) in [6, 6.07) is 0. The second-order valence-corrected chi connectivity index (χ2v) is 3.86. The van der Waals surface area contributed by atoms with Crippen LogP contribution in [-0.2, 0) is 4.74 Å². The first-order valence-corrected chi connectivity index (χ1v) is 5.17. The summed E-state index contributed by atoms with van der Waals surface area (Å²) in [5, 5.41) is 0. The summed E-state index contributed by atoms with van der Waals surface area (Å²) in [4.78, 5) is 14.6. The van der Waals surface area contributed by atoms with Gasteiger partial charge in [0.25, 0.3) is 0 Å². The monoisotopic (exact) mass is 293 g/mol. The van der Waals surface area contributed by atoms with E-state index in [9.17, 15) is 4.79 Å². The highest BCUT2D eigenvalue weighted by Crippen LogP contribution is 2.19. The Bertz CT molecular complexity index is 331. The van der Waals surface area contributed by atoms with Crippen molar-refractivity contribution in [3.05, 3.63) is 20.5 Å². The van der Waals surface area contributed by atoms with E-state index in [2.05, 4.69) is 27.6 Å². The second-order valence-electron chi connectivity index (χ2n) is 2.78. The zero-order valence-corrected chi connectivity index (χ0v) is 10.1. The zero-order valence-electron chi connectivity index (χ0n) is 7.90. The van der Waals surface area contributed by atoms with Gasteiger partial charge in [-0.15, -0.1) is 0 Å². The quantitative estimate of drug-likeness (QED) is 0.672. The lowest BCUT2D eigenvalue weighted by atomic mass is 10.2. The molecule has 0 aromatic carbocycles. The van der Waals surface area contributed by atoms with E-state index >= 15 is 0 Å². The number of esters is 1. The molecule has 4 heteroatoms. The molecule has 72 valence electrons. The SMILES string of the molecule is CCOC(=O)c1c(C)[nH]c(I)c1C. The number of halogens is 1. The van der Waals surface area contributed by atoms with Gasteiger partial charge in [-0.3, -0.25) is 0 Å². The Balaban J connectivity index is 3.06. The van der Waals surface area contributed by atoms with Crippen molar-refractivity contribution in [3.8, 4) is 0 Å². The van der Waals surface area contributed by atoms with Crippen molar-refractivity contribution < 1.29 is 9.53 Å². The van der Waals surface area contributed by atoms with Crippen LogP contribution in [0.4, 0.5) is 0 Å². The average Bonchev–Trinajstić information content (AvgIpc) is 2.27. The molecule has 1 rings (SSSR count). The fraction of sp³-hybridized carbons (Fsp3) is 0.444. The molecule has 0 radical (unpaired) electrons. The zero-order chi connectivity index (χ0) is 10.0. The maximum atomic E-state index is 11.5. The summed E-state index contributed by atoms with van der Waals surface area (Å²) in [5.74, 6) is -0.239. The van der Waals surface area contributed by atoms with Gasteiger partial charge in [0.1, 0.15) is 0 Å². The van der Waals surface area contributed by atoms with Gasteiger partial charge in [-0.2, -0.15) is 0 Å². The molecular weight excluding hydrogens is 281 g/mol. The van der Waals surface area contributed by atoms with Crippen LogP contribution < -0.4 is 0 Å². The third-order valence-electron chi connectivity index (χ3n) is 1.86. The summed E-state index contributed by atoms with van der Waals surface area (Å²) in [6.45, 7) is 6.01. The number of aryl methyl sites for hydroxylation is 1. The molecule has 0 unspecified atom stereocenters. The van der Waals surface area contributed by atoms with Gasteiger partial charge in [0.15, 0.2) is 0 Å². The molecule has 0 atom stereocenters. The molecule has 1 heterocycles. The van der Waals surface area contributed by atoms with E-state index in [0.29, 0.717) is 12.2 Å². The van der Waals surface area contributed by atoms with Gasteiger partial charge in [-0.05, 0) is 48.9 Å². The molecule has 0 aliphatic carbocycles. The van der Waals surface area contributed by atoms with Gasteiger partial charge in [-0.25, -0.2) is 4.79 Å². The maximum absolute atomic E-state index is 11.5. The first-order chi connectivity index (χ1) is 6.07. The number of aromatic nitrogens is 1. The normalized spacial score (nSPS) is 10.2. The smallest absolute Gasteiger partial charge is 0.340 e. The van der Waals surface area contributed by atoms with E-state index in [1.165, 1.54) is 0 Å². The third kappa shape index (κ3) is 2.04. The molecular formula is C9H12INO2. The summed E-state index contributed by atoms with van der Waals surface area (Å²) in [5.41, 5.74) is 2.52. The van der Waals surface area contributed by atoms with Crippen LogP contribution in [-0.4, -0.2) is 17.6 Å². The van der Waals surface area contributed by atoms with Crippen LogP contribution in [0.1, 0.15) is 28.5 Å². The molecule has 0 amide bonds. The first kappa shape index (κ1) is 10.6. The van der Waals surface area contributed by atoms with Crippen LogP contribution in [0.25, 0.3) is 0 Å². The van der Waals surface area contributed by atoms with Gasteiger partial charge in [0.2, 0.25) is 0 Å². The third-order valence-corrected chi connectivity index (χ3v) is 2.93. The molecule has 0 saturated heterocycles. The molecule has 0 spiro atoms. The molecule has 0 aliphatic rings. The molecule has 0 fully saturated rings. The summed E-state index contributed by atoms with van der Waals surface area (Å²) < 4.78 is 5.94. The predicted molar refractivity (Wildman–Crippen MR) is 58.9 cm³/mol. The van der Waals surface area contributed by atoms with Crippen molar-refractivity contribution in [1.82, 2.24) is 4.98 Å². The van der Waals surface area contributed by atoms with Crippen LogP contribution in [0.15, 0.2) is 0 Å². The predicted octanol–water partition coefficient (Wildman–Crippen LogP) is 2.41. The number of carbonyl (C=O) groups excluding carboxylic acids is 1. The number of hydrogen-bond donors (Lipinski definition) is 1. The van der Waals surface area contributed by atoms with Crippen molar-refractivity contribution in [3.63, 3.8) is 0 Å². The molecule has 13 heavy (non-hydrogen) atoms. The van der Waals surface area contributed by atoms with E-state index in [4.69, 9.17) is 4.74 Å². The standard InChI is InChI=1S/C9H12INO2/c1-4-13-9(12)7-5(2)8(10)11-6(7)3/h11H,4H2,1-3H3. The second kappa shape index (κ2) is 4.13. The molecule has 1 aromatic rings. The van der Waals surface area contributed by atoms with Crippen LogP contribution in [0.5, 0.6) is 0 Å². The van der Waals surface area contributed by atoms with Crippen molar-refractivity contribution in [2.45, 2.75) is 20.8 Å². The Labute approximate surface area is 91.0 Å². The van der Waals surface area contributed by atoms with Crippen molar-refractivity contribution in [2.75, 3.05) is 6.61 Å².